The van der Waals surface area contributed by atoms with Crippen molar-refractivity contribution in [2.75, 3.05) is 0 Å². The predicted molar refractivity (Wildman–Crippen MR) is 122 cm³/mol. The van der Waals surface area contributed by atoms with E-state index in [1.54, 1.807) is 12.1 Å². The van der Waals surface area contributed by atoms with Gasteiger partial charge in [0.1, 0.15) is 35.6 Å². The van der Waals surface area contributed by atoms with Gasteiger partial charge in [-0.05, 0) is 65.8 Å². The molecular weight excluding hydrogens is 419 g/mol. The van der Waals surface area contributed by atoms with Crippen molar-refractivity contribution in [2.24, 2.45) is 11.1 Å². The van der Waals surface area contributed by atoms with E-state index in [1.807, 2.05) is 39.8 Å². The number of aryl methyl sites for hydroxylation is 2. The Balaban J connectivity index is 1.77. The summed E-state index contributed by atoms with van der Waals surface area (Å²) in [4.78, 5) is 13.2. The van der Waals surface area contributed by atoms with Gasteiger partial charge in [-0.3, -0.25) is 4.79 Å². The number of nitrogens with zero attached hydrogens (tertiary/aromatic N) is 1. The Morgan fingerprint density at radius 2 is 1.88 bits per heavy atom. The molecule has 1 aliphatic carbocycles. The molecule has 1 aliphatic heterocycles. The Kier molecular flexibility index (Phi) is 5.75. The molecule has 1 atom stereocenters. The molecule has 0 unspecified atom stereocenters. The van der Waals surface area contributed by atoms with Crippen LogP contribution in [0, 0.1) is 36.4 Å². The quantitative estimate of drug-likeness (QED) is 0.673. The third-order valence-corrected chi connectivity index (χ3v) is 6.32. The van der Waals surface area contributed by atoms with Crippen LogP contribution in [0.4, 0.5) is 4.39 Å². The normalized spacial score (nSPS) is 19.6. The summed E-state index contributed by atoms with van der Waals surface area (Å²) in [6, 6.07) is 12.0. The molecule has 0 fully saturated rings. The lowest BCUT2D eigenvalue weighted by Crippen LogP contribution is -2.33. The summed E-state index contributed by atoms with van der Waals surface area (Å²) in [5, 5.41) is 9.90. The number of rotatable bonds is 4. The summed E-state index contributed by atoms with van der Waals surface area (Å²) >= 11 is 0. The molecule has 2 aromatic carbocycles. The molecule has 0 saturated carbocycles. The second kappa shape index (κ2) is 8.40. The molecule has 0 spiro atoms. The smallest absolute Gasteiger partial charge is 0.205 e. The molecule has 0 amide bonds. The fourth-order valence-electron chi connectivity index (χ4n) is 4.67. The van der Waals surface area contributed by atoms with Crippen molar-refractivity contribution in [1.29, 1.82) is 5.26 Å². The van der Waals surface area contributed by atoms with Crippen molar-refractivity contribution in [3.63, 3.8) is 0 Å². The average molecular weight is 447 g/mol. The number of hydrogen-bond donors (Lipinski definition) is 1. The second-order valence-electron chi connectivity index (χ2n) is 9.58. The molecule has 1 heterocycles. The van der Waals surface area contributed by atoms with Gasteiger partial charge >= 0.3 is 0 Å². The van der Waals surface area contributed by atoms with Crippen LogP contribution in [0.5, 0.6) is 5.75 Å². The fourth-order valence-corrected chi connectivity index (χ4v) is 4.67. The average Bonchev–Trinajstić information content (AvgIpc) is 2.72. The van der Waals surface area contributed by atoms with Crippen molar-refractivity contribution in [1.82, 2.24) is 0 Å². The van der Waals surface area contributed by atoms with Crippen LogP contribution >= 0.6 is 0 Å². The van der Waals surface area contributed by atoms with Gasteiger partial charge in [-0.25, -0.2) is 4.39 Å². The molecule has 5 nitrogen and oxygen atoms in total. The maximum absolute atomic E-state index is 13.2. The Morgan fingerprint density at radius 1 is 1.18 bits per heavy atom. The number of hydrogen-bond acceptors (Lipinski definition) is 5. The molecule has 0 saturated heterocycles. The zero-order chi connectivity index (χ0) is 23.9. The van der Waals surface area contributed by atoms with E-state index in [4.69, 9.17) is 15.2 Å². The minimum absolute atomic E-state index is 0.0180. The summed E-state index contributed by atoms with van der Waals surface area (Å²) in [5.41, 5.74) is 10.4. The van der Waals surface area contributed by atoms with Gasteiger partial charge in [0.2, 0.25) is 5.88 Å². The Bertz CT molecular complexity index is 1230. The third-order valence-electron chi connectivity index (χ3n) is 6.32. The highest BCUT2D eigenvalue weighted by Crippen LogP contribution is 2.48. The Morgan fingerprint density at radius 3 is 2.55 bits per heavy atom. The van der Waals surface area contributed by atoms with Gasteiger partial charge in [-0.15, -0.1) is 0 Å². The minimum atomic E-state index is -0.576. The molecule has 2 aromatic rings. The van der Waals surface area contributed by atoms with Crippen molar-refractivity contribution in [2.45, 2.75) is 53.1 Å². The zero-order valence-corrected chi connectivity index (χ0v) is 19.3. The molecular formula is C27H27FN2O3. The standard InChI is InChI=1S/C27H27FN2O3/c1-15-9-16(2)20(10-17(15)14-32-19-7-5-18(28)6-8-19)24-21(13-29)26(30)33-23-12-27(3,4)11-22(31)25(23)24/h5-10,24H,11-12,14,30H2,1-4H3/t24-/m1/s1. The lowest BCUT2D eigenvalue weighted by molar-refractivity contribution is -0.119. The number of ketones is 1. The summed E-state index contributed by atoms with van der Waals surface area (Å²) in [6.07, 6.45) is 0.963. The predicted octanol–water partition coefficient (Wildman–Crippen LogP) is 5.47. The van der Waals surface area contributed by atoms with Gasteiger partial charge in [0, 0.05) is 18.4 Å². The van der Waals surface area contributed by atoms with Crippen molar-refractivity contribution < 1.29 is 18.7 Å². The minimum Gasteiger partial charge on any atom is -0.489 e. The lowest BCUT2D eigenvalue weighted by atomic mass is 9.69. The summed E-state index contributed by atoms with van der Waals surface area (Å²) in [7, 11) is 0. The number of carbonyl (C=O) groups is 1. The number of nitriles is 1. The van der Waals surface area contributed by atoms with E-state index in [1.165, 1.54) is 12.1 Å². The first kappa shape index (κ1) is 22.6. The zero-order valence-electron chi connectivity index (χ0n) is 19.3. The van der Waals surface area contributed by atoms with E-state index in [0.29, 0.717) is 29.9 Å². The number of ether oxygens (including phenoxy) is 2. The van der Waals surface area contributed by atoms with E-state index in [-0.39, 0.29) is 35.1 Å². The van der Waals surface area contributed by atoms with E-state index in [2.05, 4.69) is 6.07 Å². The highest BCUT2D eigenvalue weighted by Gasteiger charge is 2.43. The first-order chi connectivity index (χ1) is 15.6. The molecule has 2 N–H and O–H groups in total. The highest BCUT2D eigenvalue weighted by molar-refractivity contribution is 6.00. The van der Waals surface area contributed by atoms with E-state index in [0.717, 1.165) is 22.3 Å². The lowest BCUT2D eigenvalue weighted by Gasteiger charge is -2.37. The molecule has 0 aromatic heterocycles. The van der Waals surface area contributed by atoms with Gasteiger partial charge < -0.3 is 15.2 Å². The first-order valence-corrected chi connectivity index (χ1v) is 10.9. The summed E-state index contributed by atoms with van der Waals surface area (Å²) < 4.78 is 24.9. The number of halogens is 1. The topological polar surface area (TPSA) is 85.3 Å². The maximum Gasteiger partial charge on any atom is 0.205 e. The third kappa shape index (κ3) is 4.36. The van der Waals surface area contributed by atoms with E-state index < -0.39 is 5.92 Å². The van der Waals surface area contributed by atoms with Gasteiger partial charge in [-0.1, -0.05) is 26.0 Å². The maximum atomic E-state index is 13.2. The number of benzene rings is 2. The monoisotopic (exact) mass is 446 g/mol. The van der Waals surface area contributed by atoms with E-state index in [9.17, 15) is 14.4 Å². The molecule has 33 heavy (non-hydrogen) atoms. The van der Waals surface area contributed by atoms with Gasteiger partial charge in [0.25, 0.3) is 0 Å². The molecule has 0 radical (unpaired) electrons. The van der Waals surface area contributed by atoms with Crippen molar-refractivity contribution in [3.05, 3.63) is 87.3 Å². The SMILES string of the molecule is Cc1cc(C)c([C@@H]2C(C#N)=C(N)OC3=C2C(=O)CC(C)(C)C3)cc1COc1ccc(F)cc1. The number of allylic oxidation sites excluding steroid dienone is 3. The van der Waals surface area contributed by atoms with Crippen LogP contribution in [0.2, 0.25) is 0 Å². The number of Topliss-reactive ketones (excluding diaryl/α,β-unsaturated/α-hetero) is 1. The second-order valence-corrected chi connectivity index (χ2v) is 9.58. The Hall–Kier alpha value is -3.59. The van der Waals surface area contributed by atoms with Crippen LogP contribution in [0.25, 0.3) is 0 Å². The van der Waals surface area contributed by atoms with Gasteiger partial charge in [0.05, 0.1) is 5.92 Å². The number of nitrogens with two attached hydrogens (primary N) is 1. The van der Waals surface area contributed by atoms with Crippen LogP contribution < -0.4 is 10.5 Å². The van der Waals surface area contributed by atoms with E-state index >= 15 is 0 Å². The van der Waals surface area contributed by atoms with Crippen molar-refractivity contribution in [3.8, 4) is 11.8 Å². The molecule has 170 valence electrons. The Labute approximate surface area is 193 Å². The van der Waals surface area contributed by atoms with Crippen LogP contribution in [0.15, 0.2) is 59.2 Å². The van der Waals surface area contributed by atoms with Crippen LogP contribution in [0.1, 0.15) is 54.9 Å². The number of carbonyl (C=O) groups excluding carboxylic acids is 1. The molecule has 0 bridgehead atoms. The van der Waals surface area contributed by atoms with Crippen LogP contribution in [-0.2, 0) is 16.1 Å². The van der Waals surface area contributed by atoms with Crippen LogP contribution in [0.3, 0.4) is 0 Å². The highest BCUT2D eigenvalue weighted by atomic mass is 19.1. The van der Waals surface area contributed by atoms with Crippen LogP contribution in [-0.4, -0.2) is 5.78 Å². The molecule has 2 aliphatic rings. The first-order valence-electron chi connectivity index (χ1n) is 10.9. The fraction of sp³-hybridized carbons (Fsp3) is 0.333. The van der Waals surface area contributed by atoms with Gasteiger partial charge in [-0.2, -0.15) is 5.26 Å². The molecule has 4 rings (SSSR count). The summed E-state index contributed by atoms with van der Waals surface area (Å²) in [5.74, 6) is 0.245. The largest absolute Gasteiger partial charge is 0.489 e. The molecule has 6 heteroatoms. The summed E-state index contributed by atoms with van der Waals surface area (Å²) in [6.45, 7) is 8.26. The van der Waals surface area contributed by atoms with Crippen molar-refractivity contribution >= 4 is 5.78 Å². The van der Waals surface area contributed by atoms with Gasteiger partial charge in [0.15, 0.2) is 5.78 Å².